The van der Waals surface area contributed by atoms with E-state index in [4.69, 9.17) is 12.2 Å². The first-order valence-electron chi connectivity index (χ1n) is 7.08. The summed E-state index contributed by atoms with van der Waals surface area (Å²) in [5.41, 5.74) is 2.07. The molecule has 3 nitrogen and oxygen atoms in total. The molecule has 5 heteroatoms. The van der Waals surface area contributed by atoms with Crippen molar-refractivity contribution in [3.8, 4) is 0 Å². The fraction of sp³-hybridized carbons (Fsp3) is 0.294. The van der Waals surface area contributed by atoms with Crippen LogP contribution in [0, 0.1) is 0 Å². The smallest absolute Gasteiger partial charge is 0.283 e. The van der Waals surface area contributed by atoms with Gasteiger partial charge in [-0.3, -0.25) is 4.79 Å². The first kappa shape index (κ1) is 16.6. The molecule has 1 amide bonds. The van der Waals surface area contributed by atoms with Crippen LogP contribution in [0.2, 0.25) is 0 Å². The summed E-state index contributed by atoms with van der Waals surface area (Å²) in [6, 6.07) is 11.8. The Kier molecular flexibility index (Phi) is 5.32. The summed E-state index contributed by atoms with van der Waals surface area (Å²) in [6.07, 6.45) is 0. The lowest BCUT2D eigenvalue weighted by atomic mass is 9.87. The number of anilines is 1. The fourth-order valence-electron chi connectivity index (χ4n) is 1.90. The Morgan fingerprint density at radius 3 is 2.41 bits per heavy atom. The number of hydrogen-bond acceptors (Lipinski definition) is 3. The molecule has 0 spiro atoms. The van der Waals surface area contributed by atoms with Crippen LogP contribution in [0.25, 0.3) is 0 Å². The Balaban J connectivity index is 1.89. The van der Waals surface area contributed by atoms with Crippen LogP contribution in [0.15, 0.2) is 41.8 Å². The average Bonchev–Trinajstić information content (AvgIpc) is 2.97. The standard InChI is InChI=1S/C17H20N2OS2/c1-17(2,3)12-6-8-13(9-7-12)19-15(20)16(21)18-11-14-5-4-10-22-14/h4-10H,11H2,1-3H3,(H,18,21)(H,19,20). The van der Waals surface area contributed by atoms with Crippen molar-refractivity contribution in [2.45, 2.75) is 32.7 Å². The molecule has 2 aromatic rings. The number of nitrogens with one attached hydrogen (secondary N) is 2. The van der Waals surface area contributed by atoms with Crippen molar-refractivity contribution in [3.05, 3.63) is 52.2 Å². The second kappa shape index (κ2) is 7.03. The lowest BCUT2D eigenvalue weighted by Crippen LogP contribution is -2.33. The molecule has 1 heterocycles. The summed E-state index contributed by atoms with van der Waals surface area (Å²) in [5, 5.41) is 7.78. The number of hydrogen-bond donors (Lipinski definition) is 2. The summed E-state index contributed by atoms with van der Waals surface area (Å²) in [6.45, 7) is 7.05. The maximum Gasteiger partial charge on any atom is 0.283 e. The molecule has 2 rings (SSSR count). The highest BCUT2D eigenvalue weighted by Crippen LogP contribution is 2.23. The Morgan fingerprint density at radius 1 is 1.18 bits per heavy atom. The molecule has 2 N–H and O–H groups in total. The zero-order valence-corrected chi connectivity index (χ0v) is 14.6. The molecule has 1 aromatic carbocycles. The van der Waals surface area contributed by atoms with Crippen molar-refractivity contribution in [1.29, 1.82) is 0 Å². The number of carbonyl (C=O) groups is 1. The van der Waals surface area contributed by atoms with E-state index in [0.717, 1.165) is 10.6 Å². The predicted octanol–water partition coefficient (Wildman–Crippen LogP) is 4.10. The zero-order valence-electron chi connectivity index (χ0n) is 13.0. The summed E-state index contributed by atoms with van der Waals surface area (Å²) in [4.78, 5) is 13.4. The molecule has 0 aliphatic carbocycles. The zero-order chi connectivity index (χ0) is 16.2. The van der Waals surface area contributed by atoms with Gasteiger partial charge in [0.1, 0.15) is 0 Å². The first-order chi connectivity index (χ1) is 10.4. The third-order valence-electron chi connectivity index (χ3n) is 3.22. The van der Waals surface area contributed by atoms with Gasteiger partial charge in [-0.05, 0) is 34.6 Å². The second-order valence-electron chi connectivity index (χ2n) is 6.04. The highest BCUT2D eigenvalue weighted by molar-refractivity contribution is 7.82. The van der Waals surface area contributed by atoms with Gasteiger partial charge in [0.2, 0.25) is 0 Å². The molecule has 0 aliphatic rings. The number of carbonyl (C=O) groups excluding carboxylic acids is 1. The minimum absolute atomic E-state index is 0.0973. The molecule has 116 valence electrons. The highest BCUT2D eigenvalue weighted by atomic mass is 32.1. The molecule has 0 atom stereocenters. The van der Waals surface area contributed by atoms with Crippen molar-refractivity contribution in [3.63, 3.8) is 0 Å². The molecular formula is C17H20N2OS2. The van der Waals surface area contributed by atoms with Crippen molar-refractivity contribution in [1.82, 2.24) is 5.32 Å². The minimum atomic E-state index is -0.282. The van der Waals surface area contributed by atoms with Crippen LogP contribution in [-0.4, -0.2) is 10.9 Å². The normalized spacial score (nSPS) is 11.0. The van der Waals surface area contributed by atoms with Gasteiger partial charge in [-0.25, -0.2) is 0 Å². The number of rotatable bonds is 3. The maximum atomic E-state index is 12.0. The van der Waals surface area contributed by atoms with E-state index < -0.39 is 0 Å². The van der Waals surface area contributed by atoms with Gasteiger partial charge >= 0.3 is 0 Å². The van der Waals surface area contributed by atoms with E-state index >= 15 is 0 Å². The first-order valence-corrected chi connectivity index (χ1v) is 8.37. The summed E-state index contributed by atoms with van der Waals surface area (Å²) >= 11 is 6.75. The summed E-state index contributed by atoms with van der Waals surface area (Å²) in [5.74, 6) is -0.282. The molecule has 0 saturated heterocycles. The Hall–Kier alpha value is -1.72. The lowest BCUT2D eigenvalue weighted by molar-refractivity contribution is -0.110. The number of benzene rings is 1. The average molecular weight is 332 g/mol. The fourth-order valence-corrected chi connectivity index (χ4v) is 2.67. The highest BCUT2D eigenvalue weighted by Gasteiger charge is 2.14. The topological polar surface area (TPSA) is 41.1 Å². The van der Waals surface area contributed by atoms with Gasteiger partial charge in [0, 0.05) is 10.6 Å². The Morgan fingerprint density at radius 2 is 1.86 bits per heavy atom. The second-order valence-corrected chi connectivity index (χ2v) is 7.48. The van der Waals surface area contributed by atoms with E-state index in [2.05, 4.69) is 31.4 Å². The van der Waals surface area contributed by atoms with Gasteiger partial charge in [-0.15, -0.1) is 11.3 Å². The van der Waals surface area contributed by atoms with Crippen molar-refractivity contribution in [2.75, 3.05) is 5.32 Å². The van der Waals surface area contributed by atoms with Crippen LogP contribution in [0.4, 0.5) is 5.69 Å². The van der Waals surface area contributed by atoms with E-state index in [-0.39, 0.29) is 16.3 Å². The van der Waals surface area contributed by atoms with Crippen LogP contribution in [0.3, 0.4) is 0 Å². The molecular weight excluding hydrogens is 312 g/mol. The van der Waals surface area contributed by atoms with Gasteiger partial charge in [0.05, 0.1) is 6.54 Å². The minimum Gasteiger partial charge on any atom is -0.367 e. The van der Waals surface area contributed by atoms with E-state index in [9.17, 15) is 4.79 Å². The third kappa shape index (κ3) is 4.64. The van der Waals surface area contributed by atoms with Gasteiger partial charge in [0.15, 0.2) is 4.99 Å². The van der Waals surface area contributed by atoms with Crippen LogP contribution >= 0.6 is 23.6 Å². The van der Waals surface area contributed by atoms with Crippen molar-refractivity contribution < 1.29 is 4.79 Å². The lowest BCUT2D eigenvalue weighted by Gasteiger charge is -2.19. The molecule has 0 bridgehead atoms. The van der Waals surface area contributed by atoms with Crippen molar-refractivity contribution >= 4 is 40.1 Å². The maximum absolute atomic E-state index is 12.0. The van der Waals surface area contributed by atoms with Crippen LogP contribution in [0.1, 0.15) is 31.2 Å². The van der Waals surface area contributed by atoms with Crippen molar-refractivity contribution in [2.24, 2.45) is 0 Å². The predicted molar refractivity (Wildman–Crippen MR) is 97.5 cm³/mol. The molecule has 0 saturated carbocycles. The van der Waals surface area contributed by atoms with Gasteiger partial charge in [-0.1, -0.05) is 51.2 Å². The number of thiophene rings is 1. The summed E-state index contributed by atoms with van der Waals surface area (Å²) in [7, 11) is 0. The van der Waals surface area contributed by atoms with Crippen LogP contribution in [-0.2, 0) is 16.8 Å². The molecule has 1 aromatic heterocycles. The molecule has 0 radical (unpaired) electrons. The van der Waals surface area contributed by atoms with Gasteiger partial charge in [-0.2, -0.15) is 0 Å². The van der Waals surface area contributed by atoms with Crippen LogP contribution < -0.4 is 10.6 Å². The molecule has 0 aliphatic heterocycles. The van der Waals surface area contributed by atoms with E-state index in [0.29, 0.717) is 6.54 Å². The van der Waals surface area contributed by atoms with E-state index in [1.165, 1.54) is 5.56 Å². The largest absolute Gasteiger partial charge is 0.367 e. The quantitative estimate of drug-likeness (QED) is 0.832. The third-order valence-corrected chi connectivity index (χ3v) is 4.42. The van der Waals surface area contributed by atoms with Crippen LogP contribution in [0.5, 0.6) is 0 Å². The van der Waals surface area contributed by atoms with E-state index in [1.54, 1.807) is 11.3 Å². The Labute approximate surface area is 140 Å². The molecule has 0 fully saturated rings. The van der Waals surface area contributed by atoms with E-state index in [1.807, 2.05) is 41.8 Å². The SMILES string of the molecule is CC(C)(C)c1ccc(NC(=O)C(=S)NCc2cccs2)cc1. The number of thiocarbonyl (C=S) groups is 1. The van der Waals surface area contributed by atoms with Gasteiger partial charge < -0.3 is 10.6 Å². The Bertz CT molecular complexity index is 640. The van der Waals surface area contributed by atoms with Gasteiger partial charge in [0.25, 0.3) is 5.91 Å². The molecule has 0 unspecified atom stereocenters. The monoisotopic (exact) mass is 332 g/mol. The summed E-state index contributed by atoms with van der Waals surface area (Å²) < 4.78 is 0. The number of amides is 1. The molecule has 22 heavy (non-hydrogen) atoms.